The van der Waals surface area contributed by atoms with E-state index in [0.29, 0.717) is 17.1 Å². The van der Waals surface area contributed by atoms with Crippen LogP contribution in [0, 0.1) is 6.92 Å². The third kappa shape index (κ3) is 3.59. The summed E-state index contributed by atoms with van der Waals surface area (Å²) in [5, 5.41) is 2.51. The summed E-state index contributed by atoms with van der Waals surface area (Å²) in [5.41, 5.74) is 1.59. The van der Waals surface area contributed by atoms with E-state index < -0.39 is 0 Å². The largest absolute Gasteiger partial charge is 0.337 e. The van der Waals surface area contributed by atoms with Gasteiger partial charge in [-0.05, 0) is 46.6 Å². The molecule has 0 saturated heterocycles. The van der Waals surface area contributed by atoms with Crippen molar-refractivity contribution in [3.8, 4) is 0 Å². The van der Waals surface area contributed by atoms with E-state index >= 15 is 0 Å². The van der Waals surface area contributed by atoms with Crippen molar-refractivity contribution in [3.05, 3.63) is 55.1 Å². The molecule has 0 saturated carbocycles. The summed E-state index contributed by atoms with van der Waals surface area (Å²) in [6.07, 6.45) is 0. The van der Waals surface area contributed by atoms with E-state index in [9.17, 15) is 4.79 Å². The first-order valence-corrected chi connectivity index (χ1v) is 7.77. The highest BCUT2D eigenvalue weighted by molar-refractivity contribution is 9.10. The Bertz CT molecular complexity index is 611. The predicted molar refractivity (Wildman–Crippen MR) is 84.0 cm³/mol. The SMILES string of the molecule is Cc1ccc(C(=O)N(C)Cc2cc(Br)cs2)c(Cl)c1. The van der Waals surface area contributed by atoms with Crippen LogP contribution in [0.4, 0.5) is 0 Å². The Morgan fingerprint density at radius 1 is 1.42 bits per heavy atom. The third-order valence-electron chi connectivity index (χ3n) is 2.72. The van der Waals surface area contributed by atoms with Gasteiger partial charge in [0.25, 0.3) is 5.91 Å². The van der Waals surface area contributed by atoms with Gasteiger partial charge in [-0.1, -0.05) is 17.7 Å². The fraction of sp³-hybridized carbons (Fsp3) is 0.214. The van der Waals surface area contributed by atoms with Gasteiger partial charge >= 0.3 is 0 Å². The first-order valence-electron chi connectivity index (χ1n) is 5.72. The molecule has 0 aliphatic carbocycles. The highest BCUT2D eigenvalue weighted by atomic mass is 79.9. The van der Waals surface area contributed by atoms with Gasteiger partial charge in [0.2, 0.25) is 0 Å². The lowest BCUT2D eigenvalue weighted by atomic mass is 10.1. The van der Waals surface area contributed by atoms with E-state index in [1.54, 1.807) is 29.4 Å². The molecule has 0 unspecified atom stereocenters. The average Bonchev–Trinajstić information content (AvgIpc) is 2.74. The maximum atomic E-state index is 12.3. The number of benzene rings is 1. The van der Waals surface area contributed by atoms with Crippen molar-refractivity contribution in [1.82, 2.24) is 4.90 Å². The summed E-state index contributed by atoms with van der Waals surface area (Å²) in [7, 11) is 1.78. The van der Waals surface area contributed by atoms with Crippen LogP contribution in [0.15, 0.2) is 34.1 Å². The summed E-state index contributed by atoms with van der Waals surface area (Å²) >= 11 is 11.2. The molecule has 0 radical (unpaired) electrons. The molecule has 2 aromatic rings. The van der Waals surface area contributed by atoms with E-state index in [2.05, 4.69) is 15.9 Å². The predicted octanol–water partition coefficient (Wildman–Crippen LogP) is 4.74. The number of amides is 1. The van der Waals surface area contributed by atoms with E-state index in [1.807, 2.05) is 30.5 Å². The molecule has 2 nitrogen and oxygen atoms in total. The molecule has 5 heteroatoms. The second-order valence-electron chi connectivity index (χ2n) is 4.38. The smallest absolute Gasteiger partial charge is 0.255 e. The normalized spacial score (nSPS) is 10.5. The molecular formula is C14H13BrClNOS. The summed E-state index contributed by atoms with van der Waals surface area (Å²) in [5.74, 6) is -0.0606. The molecule has 0 fully saturated rings. The minimum Gasteiger partial charge on any atom is -0.337 e. The van der Waals surface area contributed by atoms with Crippen LogP contribution >= 0.6 is 38.9 Å². The second-order valence-corrected chi connectivity index (χ2v) is 6.69. The number of carbonyl (C=O) groups excluding carboxylic acids is 1. The Morgan fingerprint density at radius 2 is 2.16 bits per heavy atom. The molecule has 1 aromatic heterocycles. The topological polar surface area (TPSA) is 20.3 Å². The highest BCUT2D eigenvalue weighted by Crippen LogP contribution is 2.23. The maximum Gasteiger partial charge on any atom is 0.255 e. The zero-order chi connectivity index (χ0) is 14.0. The highest BCUT2D eigenvalue weighted by Gasteiger charge is 2.15. The summed E-state index contributed by atoms with van der Waals surface area (Å²) in [6.45, 7) is 2.53. The number of carbonyl (C=O) groups is 1. The number of rotatable bonds is 3. The van der Waals surface area contributed by atoms with E-state index in [1.165, 1.54) is 0 Å². The molecule has 1 aromatic carbocycles. The van der Waals surface area contributed by atoms with Crippen LogP contribution in [0.2, 0.25) is 5.02 Å². The summed E-state index contributed by atoms with van der Waals surface area (Å²) < 4.78 is 1.04. The molecule has 100 valence electrons. The number of halogens is 2. The van der Waals surface area contributed by atoms with Gasteiger partial charge in [-0.2, -0.15) is 0 Å². The van der Waals surface area contributed by atoms with Crippen molar-refractivity contribution in [2.75, 3.05) is 7.05 Å². The zero-order valence-electron chi connectivity index (χ0n) is 10.6. The van der Waals surface area contributed by atoms with Crippen molar-refractivity contribution in [3.63, 3.8) is 0 Å². The van der Waals surface area contributed by atoms with Gasteiger partial charge in [-0.3, -0.25) is 4.79 Å². The fourth-order valence-corrected chi connectivity index (χ4v) is 3.56. The lowest BCUT2D eigenvalue weighted by molar-refractivity contribution is 0.0786. The van der Waals surface area contributed by atoms with Gasteiger partial charge in [-0.15, -0.1) is 11.3 Å². The Balaban J connectivity index is 2.14. The van der Waals surface area contributed by atoms with Crippen molar-refractivity contribution in [1.29, 1.82) is 0 Å². The first-order chi connectivity index (χ1) is 8.97. The minimum absolute atomic E-state index is 0.0606. The van der Waals surface area contributed by atoms with Gasteiger partial charge in [-0.25, -0.2) is 0 Å². The van der Waals surface area contributed by atoms with Crippen LogP contribution in [0.1, 0.15) is 20.8 Å². The molecule has 19 heavy (non-hydrogen) atoms. The second kappa shape index (κ2) is 6.07. The van der Waals surface area contributed by atoms with Crippen molar-refractivity contribution in [2.24, 2.45) is 0 Å². The number of hydrogen-bond donors (Lipinski definition) is 0. The van der Waals surface area contributed by atoms with Gasteiger partial charge in [0, 0.05) is 21.8 Å². The molecule has 0 bridgehead atoms. The number of aryl methyl sites for hydroxylation is 1. The quantitative estimate of drug-likeness (QED) is 0.775. The Labute approximate surface area is 130 Å². The fourth-order valence-electron chi connectivity index (χ4n) is 1.74. The standard InChI is InChI=1S/C14H13BrClNOS/c1-9-3-4-12(13(16)5-9)14(18)17(2)7-11-6-10(15)8-19-11/h3-6,8H,7H2,1-2H3. The van der Waals surface area contributed by atoms with Gasteiger partial charge in [0.1, 0.15) is 0 Å². The van der Waals surface area contributed by atoms with Crippen LogP contribution in [0.5, 0.6) is 0 Å². The Kier molecular flexibility index (Phi) is 4.66. The van der Waals surface area contributed by atoms with Crippen molar-refractivity contribution >= 4 is 44.8 Å². The minimum atomic E-state index is -0.0606. The van der Waals surface area contributed by atoms with E-state index in [0.717, 1.165) is 14.9 Å². The Morgan fingerprint density at radius 3 is 2.74 bits per heavy atom. The van der Waals surface area contributed by atoms with Crippen LogP contribution in [-0.2, 0) is 6.54 Å². The molecule has 1 heterocycles. The number of nitrogens with zero attached hydrogens (tertiary/aromatic N) is 1. The van der Waals surface area contributed by atoms with Crippen LogP contribution in [0.25, 0.3) is 0 Å². The Hall–Kier alpha value is -0.840. The molecule has 1 amide bonds. The maximum absolute atomic E-state index is 12.3. The lowest BCUT2D eigenvalue weighted by Crippen LogP contribution is -2.26. The first kappa shape index (κ1) is 14.6. The summed E-state index contributed by atoms with van der Waals surface area (Å²) in [6, 6.07) is 7.51. The van der Waals surface area contributed by atoms with E-state index in [4.69, 9.17) is 11.6 Å². The van der Waals surface area contributed by atoms with Crippen LogP contribution < -0.4 is 0 Å². The van der Waals surface area contributed by atoms with Gasteiger partial charge in [0.15, 0.2) is 0 Å². The van der Waals surface area contributed by atoms with Gasteiger partial charge < -0.3 is 4.90 Å². The van der Waals surface area contributed by atoms with Gasteiger partial charge in [0.05, 0.1) is 17.1 Å². The van der Waals surface area contributed by atoms with Crippen LogP contribution in [0.3, 0.4) is 0 Å². The number of hydrogen-bond acceptors (Lipinski definition) is 2. The molecule has 0 aliphatic rings. The zero-order valence-corrected chi connectivity index (χ0v) is 13.8. The molecular weight excluding hydrogens is 346 g/mol. The van der Waals surface area contributed by atoms with E-state index in [-0.39, 0.29) is 5.91 Å². The average molecular weight is 359 g/mol. The molecule has 0 atom stereocenters. The molecule has 2 rings (SSSR count). The van der Waals surface area contributed by atoms with Crippen molar-refractivity contribution < 1.29 is 4.79 Å². The molecule has 0 aliphatic heterocycles. The number of thiophene rings is 1. The molecule has 0 spiro atoms. The van der Waals surface area contributed by atoms with Crippen LogP contribution in [-0.4, -0.2) is 17.9 Å². The summed E-state index contributed by atoms with van der Waals surface area (Å²) in [4.78, 5) is 15.1. The van der Waals surface area contributed by atoms with Crippen molar-refractivity contribution in [2.45, 2.75) is 13.5 Å². The third-order valence-corrected chi connectivity index (χ3v) is 4.71. The lowest BCUT2D eigenvalue weighted by Gasteiger charge is -2.17. The monoisotopic (exact) mass is 357 g/mol. The molecule has 0 N–H and O–H groups in total.